The van der Waals surface area contributed by atoms with Crippen molar-refractivity contribution < 1.29 is 0 Å². The van der Waals surface area contributed by atoms with E-state index < -0.39 is 0 Å². The first-order valence-corrected chi connectivity index (χ1v) is 13.3. The molecular weight excluding hydrogens is 502 g/mol. The van der Waals surface area contributed by atoms with Gasteiger partial charge in [0, 0.05) is 21.3 Å². The standard InChI is InChI=1S/C29H24BrN3S/c30-24-16-14-21(15-17-24)26-19-34-29(31-26)33-28(22-10-5-2-6-11-22)25-13-7-12-23(27(25)32-33)18-20-8-3-1-4-9-20/h1-6,8-11,14-19,25,28H,7,12-13H2/b23-18-/t25-,28-/m1/s1. The molecule has 3 aromatic carbocycles. The summed E-state index contributed by atoms with van der Waals surface area (Å²) in [6, 6.07) is 29.9. The first-order valence-electron chi connectivity index (χ1n) is 11.7. The van der Waals surface area contributed by atoms with E-state index in [4.69, 9.17) is 10.1 Å². The third-order valence-corrected chi connectivity index (χ3v) is 7.97. The summed E-state index contributed by atoms with van der Waals surface area (Å²) in [5.41, 5.74) is 7.24. The molecule has 5 heteroatoms. The molecule has 0 bridgehead atoms. The molecule has 0 amide bonds. The lowest BCUT2D eigenvalue weighted by Crippen LogP contribution is -2.28. The molecule has 0 N–H and O–H groups in total. The predicted molar refractivity (Wildman–Crippen MR) is 146 cm³/mol. The normalized spacial score (nSPS) is 20.9. The van der Waals surface area contributed by atoms with E-state index in [1.54, 1.807) is 11.3 Å². The number of hydrogen-bond donors (Lipinski definition) is 0. The van der Waals surface area contributed by atoms with Crippen LogP contribution in [0, 0.1) is 5.92 Å². The Morgan fingerprint density at radius 2 is 1.65 bits per heavy atom. The molecule has 2 heterocycles. The molecular formula is C29H24BrN3S. The van der Waals surface area contributed by atoms with E-state index in [9.17, 15) is 0 Å². The molecule has 0 saturated heterocycles. The maximum absolute atomic E-state index is 5.26. The van der Waals surface area contributed by atoms with Crippen molar-refractivity contribution in [3.63, 3.8) is 0 Å². The van der Waals surface area contributed by atoms with Crippen LogP contribution in [0.3, 0.4) is 0 Å². The monoisotopic (exact) mass is 525 g/mol. The van der Waals surface area contributed by atoms with Crippen molar-refractivity contribution in [3.8, 4) is 11.3 Å². The van der Waals surface area contributed by atoms with E-state index in [2.05, 4.69) is 117 Å². The zero-order valence-electron chi connectivity index (χ0n) is 18.6. The van der Waals surface area contributed by atoms with Gasteiger partial charge in [-0.05, 0) is 54.2 Å². The summed E-state index contributed by atoms with van der Waals surface area (Å²) >= 11 is 5.20. The number of fused-ring (bicyclic) bond motifs is 1. The number of benzene rings is 3. The van der Waals surface area contributed by atoms with Gasteiger partial charge in [-0.25, -0.2) is 9.99 Å². The van der Waals surface area contributed by atoms with Gasteiger partial charge in [0.15, 0.2) is 0 Å². The van der Waals surface area contributed by atoms with Crippen molar-refractivity contribution >= 4 is 44.2 Å². The number of rotatable bonds is 4. The van der Waals surface area contributed by atoms with Crippen LogP contribution in [0.5, 0.6) is 0 Å². The maximum Gasteiger partial charge on any atom is 0.207 e. The summed E-state index contributed by atoms with van der Waals surface area (Å²) in [5.74, 6) is 0.367. The van der Waals surface area contributed by atoms with Crippen LogP contribution in [0.2, 0.25) is 0 Å². The quantitative estimate of drug-likeness (QED) is 0.267. The van der Waals surface area contributed by atoms with E-state index in [0.29, 0.717) is 5.92 Å². The lowest BCUT2D eigenvalue weighted by atomic mass is 9.77. The fraction of sp³-hybridized carbons (Fsp3) is 0.172. The van der Waals surface area contributed by atoms with Gasteiger partial charge in [-0.2, -0.15) is 5.10 Å². The molecule has 2 atom stereocenters. The van der Waals surface area contributed by atoms with Crippen LogP contribution in [0.4, 0.5) is 5.13 Å². The van der Waals surface area contributed by atoms with Gasteiger partial charge in [0.25, 0.3) is 0 Å². The number of hydrazone groups is 1. The Morgan fingerprint density at radius 1 is 0.912 bits per heavy atom. The second-order valence-corrected chi connectivity index (χ2v) is 10.5. The highest BCUT2D eigenvalue weighted by molar-refractivity contribution is 9.10. The van der Waals surface area contributed by atoms with Gasteiger partial charge in [0.05, 0.1) is 17.4 Å². The van der Waals surface area contributed by atoms with Gasteiger partial charge in [-0.3, -0.25) is 0 Å². The summed E-state index contributed by atoms with van der Waals surface area (Å²) in [7, 11) is 0. The molecule has 1 fully saturated rings. The van der Waals surface area contributed by atoms with E-state index in [0.717, 1.165) is 33.7 Å². The highest BCUT2D eigenvalue weighted by Gasteiger charge is 2.42. The summed E-state index contributed by atoms with van der Waals surface area (Å²) in [6.45, 7) is 0. The Balaban J connectivity index is 1.42. The molecule has 1 aliphatic heterocycles. The number of thiazole rings is 1. The van der Waals surface area contributed by atoms with Crippen LogP contribution in [0.15, 0.2) is 105 Å². The van der Waals surface area contributed by atoms with E-state index in [1.165, 1.54) is 28.8 Å². The van der Waals surface area contributed by atoms with Crippen LogP contribution < -0.4 is 5.01 Å². The van der Waals surface area contributed by atoms with Crippen molar-refractivity contribution in [1.82, 2.24) is 4.98 Å². The minimum absolute atomic E-state index is 0.166. The van der Waals surface area contributed by atoms with Crippen molar-refractivity contribution in [2.45, 2.75) is 25.3 Å². The lowest BCUT2D eigenvalue weighted by Gasteiger charge is -2.29. The second-order valence-electron chi connectivity index (χ2n) is 8.79. The zero-order chi connectivity index (χ0) is 22.9. The first-order chi connectivity index (χ1) is 16.8. The molecule has 3 nitrogen and oxygen atoms in total. The summed E-state index contributed by atoms with van der Waals surface area (Å²) in [6.07, 6.45) is 5.72. The lowest BCUT2D eigenvalue weighted by molar-refractivity contribution is 0.487. The number of halogens is 1. The van der Waals surface area contributed by atoms with Gasteiger partial charge in [-0.15, -0.1) is 11.3 Å². The van der Waals surface area contributed by atoms with E-state index >= 15 is 0 Å². The van der Waals surface area contributed by atoms with Gasteiger partial charge in [-0.1, -0.05) is 88.7 Å². The number of allylic oxidation sites excluding steroid dienone is 1. The second kappa shape index (κ2) is 9.32. The molecule has 0 spiro atoms. The first kappa shape index (κ1) is 21.5. The van der Waals surface area contributed by atoms with Crippen LogP contribution in [-0.4, -0.2) is 10.7 Å². The molecule has 1 aromatic heterocycles. The summed E-state index contributed by atoms with van der Waals surface area (Å²) in [4.78, 5) is 5.04. The third kappa shape index (κ3) is 4.15. The SMILES string of the molecule is Brc1ccc(-c2csc(N3N=C4/C(=C\c5ccccc5)CCC[C@H]4[C@H]3c3ccccc3)n2)cc1. The summed E-state index contributed by atoms with van der Waals surface area (Å²) in [5, 5.41) is 10.5. The van der Waals surface area contributed by atoms with Gasteiger partial charge in [0.2, 0.25) is 5.13 Å². The number of hydrogen-bond acceptors (Lipinski definition) is 4. The molecule has 4 aromatic rings. The molecule has 1 saturated carbocycles. The predicted octanol–water partition coefficient (Wildman–Crippen LogP) is 8.37. The largest absolute Gasteiger partial charge is 0.231 e. The fourth-order valence-electron chi connectivity index (χ4n) is 5.01. The smallest absolute Gasteiger partial charge is 0.207 e. The molecule has 0 radical (unpaired) electrons. The van der Waals surface area contributed by atoms with Gasteiger partial charge >= 0.3 is 0 Å². The van der Waals surface area contributed by atoms with Crippen LogP contribution in [0.1, 0.15) is 36.4 Å². The molecule has 6 rings (SSSR count). The van der Waals surface area contributed by atoms with E-state index in [-0.39, 0.29) is 6.04 Å². The average molecular weight is 527 g/mol. The minimum Gasteiger partial charge on any atom is -0.231 e. The topological polar surface area (TPSA) is 28.5 Å². The molecule has 2 aliphatic rings. The van der Waals surface area contributed by atoms with Gasteiger partial charge in [0.1, 0.15) is 0 Å². The van der Waals surface area contributed by atoms with Crippen LogP contribution >= 0.6 is 27.3 Å². The Hall–Kier alpha value is -3.02. The van der Waals surface area contributed by atoms with E-state index in [1.807, 2.05) is 0 Å². The highest BCUT2D eigenvalue weighted by atomic mass is 79.9. The number of aromatic nitrogens is 1. The Kier molecular flexibility index (Phi) is 5.90. The molecule has 168 valence electrons. The number of anilines is 1. The molecule has 0 unspecified atom stereocenters. The maximum atomic E-state index is 5.26. The minimum atomic E-state index is 0.166. The van der Waals surface area contributed by atoms with Crippen LogP contribution in [0.25, 0.3) is 17.3 Å². The van der Waals surface area contributed by atoms with Crippen molar-refractivity contribution in [1.29, 1.82) is 0 Å². The van der Waals surface area contributed by atoms with Crippen molar-refractivity contribution in [3.05, 3.63) is 111 Å². The molecule has 1 aliphatic carbocycles. The van der Waals surface area contributed by atoms with Crippen LogP contribution in [-0.2, 0) is 0 Å². The Labute approximate surface area is 212 Å². The Morgan fingerprint density at radius 3 is 2.41 bits per heavy atom. The highest BCUT2D eigenvalue weighted by Crippen LogP contribution is 2.47. The summed E-state index contributed by atoms with van der Waals surface area (Å²) < 4.78 is 1.07. The Bertz CT molecular complexity index is 1340. The zero-order valence-corrected chi connectivity index (χ0v) is 21.0. The van der Waals surface area contributed by atoms with Gasteiger partial charge < -0.3 is 0 Å². The molecule has 34 heavy (non-hydrogen) atoms. The van der Waals surface area contributed by atoms with Crippen molar-refractivity contribution in [2.75, 3.05) is 5.01 Å². The fourth-order valence-corrected chi connectivity index (χ4v) is 6.10. The average Bonchev–Trinajstić information content (AvgIpc) is 3.51. The number of nitrogens with zero attached hydrogens (tertiary/aromatic N) is 3. The third-order valence-electron chi connectivity index (χ3n) is 6.61. The van der Waals surface area contributed by atoms with Crippen molar-refractivity contribution in [2.24, 2.45) is 11.0 Å².